The minimum Gasteiger partial charge on any atom is -0.347 e. The van der Waals surface area contributed by atoms with Crippen LogP contribution in [0.1, 0.15) is 34.8 Å². The average molecular weight is 629 g/mol. The van der Waals surface area contributed by atoms with Crippen LogP contribution >= 0.6 is 0 Å². The zero-order valence-corrected chi connectivity index (χ0v) is 24.4. The maximum atomic E-state index is 13.7. The number of benzene rings is 2. The van der Waals surface area contributed by atoms with Crippen LogP contribution in [-0.2, 0) is 33.0 Å². The van der Waals surface area contributed by atoms with Gasteiger partial charge in [0.25, 0.3) is 5.91 Å². The third kappa shape index (κ3) is 5.89. The molecule has 1 aromatic heterocycles. The van der Waals surface area contributed by atoms with Gasteiger partial charge in [-0.25, -0.2) is 9.18 Å². The lowest BCUT2D eigenvalue weighted by atomic mass is 9.90. The molecule has 1 aliphatic heterocycles. The summed E-state index contributed by atoms with van der Waals surface area (Å²) in [4.78, 5) is 67.5. The zero-order chi connectivity index (χ0) is 32.8. The minimum atomic E-state index is -4.83. The number of hydrogen-bond donors (Lipinski definition) is 1. The monoisotopic (exact) mass is 628 g/mol. The van der Waals surface area contributed by atoms with Crippen LogP contribution in [0.25, 0.3) is 11.1 Å². The molecular formula is C30H28F4N6O5. The third-order valence-electron chi connectivity index (χ3n) is 7.96. The number of rotatable bonds is 8. The Morgan fingerprint density at radius 3 is 2.36 bits per heavy atom. The van der Waals surface area contributed by atoms with Gasteiger partial charge in [0.1, 0.15) is 24.9 Å². The van der Waals surface area contributed by atoms with Crippen LogP contribution in [0.2, 0.25) is 0 Å². The third-order valence-corrected chi connectivity index (χ3v) is 7.96. The van der Waals surface area contributed by atoms with Gasteiger partial charge in [0, 0.05) is 44.4 Å². The largest absolute Gasteiger partial charge is 0.408 e. The van der Waals surface area contributed by atoms with E-state index in [-0.39, 0.29) is 29.1 Å². The maximum absolute atomic E-state index is 13.7. The summed E-state index contributed by atoms with van der Waals surface area (Å²) >= 11 is 0. The number of urea groups is 1. The summed E-state index contributed by atoms with van der Waals surface area (Å²) in [7, 11) is 3.23. The van der Waals surface area contributed by atoms with Crippen LogP contribution in [-0.4, -0.2) is 86.9 Å². The van der Waals surface area contributed by atoms with E-state index < -0.39 is 66.7 Å². The molecule has 2 atom stereocenters. The fourth-order valence-corrected chi connectivity index (χ4v) is 5.34. The van der Waals surface area contributed by atoms with Crippen molar-refractivity contribution in [3.63, 3.8) is 0 Å². The van der Waals surface area contributed by atoms with Crippen LogP contribution in [0.4, 0.5) is 22.4 Å². The molecule has 1 N–H and O–H groups in total. The lowest BCUT2D eigenvalue weighted by molar-refractivity contribution is -0.187. The SMILES string of the molecule is C[C@H](N(Cc1ccc(F)cc1)C(=O)CN1C(=O)N[C@]2(CC(=O)c3cc(-c4cnn(CC(=O)N(C)C)c4)ccc32)C1=O)C(F)(F)F. The summed E-state index contributed by atoms with van der Waals surface area (Å²) in [5, 5.41) is 6.67. The van der Waals surface area contributed by atoms with Gasteiger partial charge in [-0.05, 0) is 41.8 Å². The highest BCUT2D eigenvalue weighted by Crippen LogP contribution is 2.43. The number of ketones is 1. The minimum absolute atomic E-state index is 0.00184. The first-order chi connectivity index (χ1) is 21.1. The van der Waals surface area contributed by atoms with E-state index in [4.69, 9.17) is 0 Å². The van der Waals surface area contributed by atoms with Crippen LogP contribution in [0.15, 0.2) is 54.9 Å². The Labute approximate surface area is 254 Å². The molecule has 236 valence electrons. The first-order valence-electron chi connectivity index (χ1n) is 13.8. The highest BCUT2D eigenvalue weighted by atomic mass is 19.4. The Hall–Kier alpha value is -5.08. The molecule has 11 nitrogen and oxygen atoms in total. The molecule has 45 heavy (non-hydrogen) atoms. The van der Waals surface area contributed by atoms with E-state index in [1.807, 2.05) is 0 Å². The molecule has 2 aromatic carbocycles. The van der Waals surface area contributed by atoms with Gasteiger partial charge >= 0.3 is 12.2 Å². The lowest BCUT2D eigenvalue weighted by Crippen LogP contribution is -2.51. The van der Waals surface area contributed by atoms with Crippen LogP contribution < -0.4 is 5.32 Å². The Balaban J connectivity index is 1.38. The van der Waals surface area contributed by atoms with Crippen molar-refractivity contribution in [2.45, 2.75) is 44.2 Å². The van der Waals surface area contributed by atoms with Gasteiger partial charge < -0.3 is 15.1 Å². The first kappa shape index (κ1) is 31.3. The number of carbonyl (C=O) groups excluding carboxylic acids is 5. The van der Waals surface area contributed by atoms with Crippen LogP contribution in [0, 0.1) is 5.82 Å². The topological polar surface area (TPSA) is 125 Å². The van der Waals surface area contributed by atoms with Crippen LogP contribution in [0.3, 0.4) is 0 Å². The molecule has 1 saturated heterocycles. The number of nitrogens with zero attached hydrogens (tertiary/aromatic N) is 5. The molecule has 2 heterocycles. The van der Waals surface area contributed by atoms with Gasteiger partial charge in [0.15, 0.2) is 11.3 Å². The summed E-state index contributed by atoms with van der Waals surface area (Å²) in [6.07, 6.45) is -2.15. The van der Waals surface area contributed by atoms with E-state index in [0.29, 0.717) is 20.9 Å². The maximum Gasteiger partial charge on any atom is 0.408 e. The molecule has 1 fully saturated rings. The zero-order valence-electron chi connectivity index (χ0n) is 24.4. The second-order valence-electron chi connectivity index (χ2n) is 11.2. The normalized spacial score (nSPS) is 18.3. The summed E-state index contributed by atoms with van der Waals surface area (Å²) in [5.41, 5.74) is -0.143. The van der Waals surface area contributed by atoms with E-state index in [2.05, 4.69) is 10.4 Å². The fourth-order valence-electron chi connectivity index (χ4n) is 5.34. The first-order valence-corrected chi connectivity index (χ1v) is 13.8. The lowest BCUT2D eigenvalue weighted by Gasteiger charge is -2.32. The number of fused-ring (bicyclic) bond motifs is 2. The quantitative estimate of drug-likeness (QED) is 0.302. The Kier molecular flexibility index (Phi) is 7.97. The van der Waals surface area contributed by atoms with Gasteiger partial charge in [0.2, 0.25) is 11.8 Å². The number of amides is 5. The molecule has 2 aliphatic rings. The Bertz CT molecular complexity index is 1700. The fraction of sp³-hybridized carbons (Fsp3) is 0.333. The molecule has 15 heteroatoms. The standard InChI is InChI=1S/C30H28F4N6O5/c1-17(30(32,33)34)39(13-18-4-7-21(31)8-5-18)26(43)16-40-27(44)29(36-28(40)45)11-24(41)22-10-19(6-9-23(22)29)20-12-35-38(14-20)15-25(42)37(2)3/h4-10,12,14,17H,11,13,15-16H2,1-3H3,(H,36,45)/t17-,29-/m0/s1. The predicted molar refractivity (Wildman–Crippen MR) is 150 cm³/mol. The van der Waals surface area contributed by atoms with Gasteiger partial charge in [-0.3, -0.25) is 28.8 Å². The van der Waals surface area contributed by atoms with Crippen molar-refractivity contribution in [2.24, 2.45) is 0 Å². The van der Waals surface area contributed by atoms with Crippen molar-refractivity contribution < 1.29 is 41.5 Å². The van der Waals surface area contributed by atoms with Crippen molar-refractivity contribution >= 4 is 29.5 Å². The number of imide groups is 1. The highest BCUT2D eigenvalue weighted by Gasteiger charge is 2.58. The number of Topliss-reactive ketones (excluding diaryl/α,β-unsaturated/α-hetero) is 1. The smallest absolute Gasteiger partial charge is 0.347 e. The molecule has 1 spiro atoms. The van der Waals surface area contributed by atoms with Gasteiger partial charge in [-0.1, -0.05) is 24.3 Å². The van der Waals surface area contributed by atoms with E-state index in [0.717, 1.165) is 19.1 Å². The number of carbonyl (C=O) groups is 5. The number of nitrogens with one attached hydrogen (secondary N) is 1. The van der Waals surface area contributed by atoms with Crippen molar-refractivity contribution in [3.8, 4) is 11.1 Å². The second kappa shape index (κ2) is 11.4. The molecule has 3 aromatic rings. The van der Waals surface area contributed by atoms with Crippen molar-refractivity contribution in [1.29, 1.82) is 0 Å². The summed E-state index contributed by atoms with van der Waals surface area (Å²) in [6.45, 7) is -0.806. The van der Waals surface area contributed by atoms with E-state index in [1.54, 1.807) is 26.4 Å². The van der Waals surface area contributed by atoms with E-state index >= 15 is 0 Å². The van der Waals surface area contributed by atoms with Crippen molar-refractivity contribution in [2.75, 3.05) is 20.6 Å². The summed E-state index contributed by atoms with van der Waals surface area (Å²) < 4.78 is 55.9. The Morgan fingerprint density at radius 1 is 1.02 bits per heavy atom. The van der Waals surface area contributed by atoms with E-state index in [9.17, 15) is 41.5 Å². The molecular weight excluding hydrogens is 600 g/mol. The number of likely N-dealkylation sites (N-methyl/N-ethyl adjacent to an activating group) is 1. The molecule has 5 rings (SSSR count). The molecule has 0 radical (unpaired) electrons. The van der Waals surface area contributed by atoms with E-state index in [1.165, 1.54) is 40.0 Å². The number of halogens is 4. The molecule has 0 bridgehead atoms. The number of alkyl halides is 3. The molecule has 0 unspecified atom stereocenters. The summed E-state index contributed by atoms with van der Waals surface area (Å²) in [5.74, 6) is -3.38. The van der Waals surface area contributed by atoms with Crippen LogP contribution in [0.5, 0.6) is 0 Å². The molecule has 0 saturated carbocycles. The Morgan fingerprint density at radius 2 is 1.71 bits per heavy atom. The second-order valence-corrected chi connectivity index (χ2v) is 11.2. The predicted octanol–water partition coefficient (Wildman–Crippen LogP) is 3.09. The molecule has 1 aliphatic carbocycles. The number of aromatic nitrogens is 2. The highest BCUT2D eigenvalue weighted by molar-refractivity contribution is 6.17. The van der Waals surface area contributed by atoms with Crippen molar-refractivity contribution in [1.82, 2.24) is 29.8 Å². The van der Waals surface area contributed by atoms with Gasteiger partial charge in [0.05, 0.1) is 6.20 Å². The van der Waals surface area contributed by atoms with Gasteiger partial charge in [-0.2, -0.15) is 18.3 Å². The summed E-state index contributed by atoms with van der Waals surface area (Å²) in [6, 6.07) is 5.84. The number of hydrogen-bond acceptors (Lipinski definition) is 6. The van der Waals surface area contributed by atoms with Crippen molar-refractivity contribution in [3.05, 3.63) is 77.4 Å². The van der Waals surface area contributed by atoms with Gasteiger partial charge in [-0.15, -0.1) is 0 Å². The average Bonchev–Trinajstić information content (AvgIpc) is 3.62. The molecule has 5 amide bonds.